The molecule has 2 nitrogen and oxygen atoms in total. The molecule has 1 aliphatic rings. The fourth-order valence-electron chi connectivity index (χ4n) is 2.26. The van der Waals surface area contributed by atoms with Gasteiger partial charge in [-0.25, -0.2) is 0 Å². The molecule has 1 aromatic rings. The zero-order valence-corrected chi connectivity index (χ0v) is 12.4. The van der Waals surface area contributed by atoms with Crippen molar-refractivity contribution >= 4 is 5.71 Å². The molecule has 19 heavy (non-hydrogen) atoms. The van der Waals surface area contributed by atoms with Crippen LogP contribution in [-0.4, -0.2) is 12.3 Å². The van der Waals surface area contributed by atoms with Gasteiger partial charge in [0, 0.05) is 11.9 Å². The van der Waals surface area contributed by atoms with E-state index in [0.29, 0.717) is 0 Å². The Hall–Kier alpha value is -1.57. The van der Waals surface area contributed by atoms with Gasteiger partial charge in [-0.05, 0) is 68.9 Å². The minimum atomic E-state index is 0.845. The van der Waals surface area contributed by atoms with Gasteiger partial charge in [0.15, 0.2) is 0 Å². The summed E-state index contributed by atoms with van der Waals surface area (Å²) in [6, 6.07) is 4.40. The van der Waals surface area contributed by atoms with Crippen molar-refractivity contribution in [3.05, 3.63) is 40.6 Å². The summed E-state index contributed by atoms with van der Waals surface area (Å²) in [6.45, 7) is 9.32. The summed E-state index contributed by atoms with van der Waals surface area (Å²) < 4.78 is 5.70. The molecule has 0 atom stereocenters. The number of benzene rings is 1. The van der Waals surface area contributed by atoms with E-state index in [9.17, 15) is 0 Å². The monoisotopic (exact) mass is 257 g/mol. The first-order chi connectivity index (χ1) is 9.11. The standard InChI is InChI=1S/C17H23NO/c1-5-12(2)11-18-14(4)16-10-15-7-6-8-19-17(15)9-13(16)3/h9-11H,5-8H2,1-4H3/b12-11+,18-14?. The molecule has 2 heteroatoms. The Kier molecular flexibility index (Phi) is 4.41. The minimum absolute atomic E-state index is 0.845. The molecule has 0 saturated heterocycles. The Labute approximate surface area is 116 Å². The zero-order chi connectivity index (χ0) is 13.8. The highest BCUT2D eigenvalue weighted by Crippen LogP contribution is 2.28. The summed E-state index contributed by atoms with van der Waals surface area (Å²) in [5.74, 6) is 1.06. The number of aliphatic imine (C=N–C) groups is 1. The van der Waals surface area contributed by atoms with Gasteiger partial charge in [-0.3, -0.25) is 4.99 Å². The third-order valence-corrected chi connectivity index (χ3v) is 3.68. The van der Waals surface area contributed by atoms with Crippen LogP contribution in [0.2, 0.25) is 0 Å². The fraction of sp³-hybridized carbons (Fsp3) is 0.471. The predicted molar refractivity (Wildman–Crippen MR) is 81.3 cm³/mol. The maximum atomic E-state index is 5.70. The van der Waals surface area contributed by atoms with E-state index in [4.69, 9.17) is 4.74 Å². The van der Waals surface area contributed by atoms with Crippen LogP contribution in [0.5, 0.6) is 5.75 Å². The quantitative estimate of drug-likeness (QED) is 0.733. The minimum Gasteiger partial charge on any atom is -0.493 e. The number of hydrogen-bond acceptors (Lipinski definition) is 2. The molecule has 102 valence electrons. The molecule has 0 N–H and O–H groups in total. The molecule has 0 fully saturated rings. The van der Waals surface area contributed by atoms with Crippen LogP contribution in [0.4, 0.5) is 0 Å². The van der Waals surface area contributed by atoms with Gasteiger partial charge in [0.25, 0.3) is 0 Å². The molecule has 1 aromatic carbocycles. The van der Waals surface area contributed by atoms with Gasteiger partial charge in [0.2, 0.25) is 0 Å². The SMILES string of the molecule is CC/C(C)=C/N=C(C)c1cc2c(cc1C)OCCC2. The van der Waals surface area contributed by atoms with Crippen LogP contribution in [0, 0.1) is 6.92 Å². The van der Waals surface area contributed by atoms with Gasteiger partial charge >= 0.3 is 0 Å². The van der Waals surface area contributed by atoms with Crippen LogP contribution in [0.25, 0.3) is 0 Å². The summed E-state index contributed by atoms with van der Waals surface area (Å²) in [4.78, 5) is 4.59. The van der Waals surface area contributed by atoms with E-state index in [-0.39, 0.29) is 0 Å². The van der Waals surface area contributed by atoms with E-state index in [1.165, 1.54) is 22.3 Å². The van der Waals surface area contributed by atoms with Crippen molar-refractivity contribution in [2.45, 2.75) is 47.0 Å². The van der Waals surface area contributed by atoms with E-state index >= 15 is 0 Å². The van der Waals surface area contributed by atoms with Crippen molar-refractivity contribution in [2.75, 3.05) is 6.61 Å². The van der Waals surface area contributed by atoms with Gasteiger partial charge < -0.3 is 4.74 Å². The van der Waals surface area contributed by atoms with E-state index < -0.39 is 0 Å². The molecule has 0 bridgehead atoms. The smallest absolute Gasteiger partial charge is 0.122 e. The lowest BCUT2D eigenvalue weighted by molar-refractivity contribution is 0.288. The normalized spacial score (nSPS) is 16.0. The summed E-state index contributed by atoms with van der Waals surface area (Å²) >= 11 is 0. The van der Waals surface area contributed by atoms with Crippen LogP contribution in [0.3, 0.4) is 0 Å². The van der Waals surface area contributed by atoms with Crippen LogP contribution >= 0.6 is 0 Å². The lowest BCUT2D eigenvalue weighted by Crippen LogP contribution is -2.10. The van der Waals surface area contributed by atoms with Gasteiger partial charge in [0.05, 0.1) is 6.61 Å². The van der Waals surface area contributed by atoms with Crippen LogP contribution < -0.4 is 4.74 Å². The van der Waals surface area contributed by atoms with Crippen molar-refractivity contribution in [1.82, 2.24) is 0 Å². The van der Waals surface area contributed by atoms with E-state index in [1.807, 2.05) is 6.20 Å². The van der Waals surface area contributed by atoms with Crippen LogP contribution in [0.15, 0.2) is 28.9 Å². The van der Waals surface area contributed by atoms with Gasteiger partial charge in [-0.15, -0.1) is 0 Å². The van der Waals surface area contributed by atoms with E-state index in [0.717, 1.165) is 37.3 Å². The second kappa shape index (κ2) is 6.05. The van der Waals surface area contributed by atoms with Crippen molar-refractivity contribution in [3.63, 3.8) is 0 Å². The number of nitrogens with zero attached hydrogens (tertiary/aromatic N) is 1. The average Bonchev–Trinajstić information content (AvgIpc) is 2.43. The molecule has 0 saturated carbocycles. The molecule has 0 radical (unpaired) electrons. The molecule has 0 aliphatic carbocycles. The van der Waals surface area contributed by atoms with Crippen LogP contribution in [0.1, 0.15) is 50.3 Å². The maximum absolute atomic E-state index is 5.70. The van der Waals surface area contributed by atoms with Gasteiger partial charge in [-0.1, -0.05) is 12.5 Å². The van der Waals surface area contributed by atoms with Crippen molar-refractivity contribution in [2.24, 2.45) is 4.99 Å². The number of aryl methyl sites for hydroxylation is 2. The molecular weight excluding hydrogens is 234 g/mol. The fourth-order valence-corrected chi connectivity index (χ4v) is 2.26. The van der Waals surface area contributed by atoms with E-state index in [1.54, 1.807) is 0 Å². The van der Waals surface area contributed by atoms with Crippen molar-refractivity contribution < 1.29 is 4.74 Å². The highest BCUT2D eigenvalue weighted by Gasteiger charge is 2.13. The Balaban J connectivity index is 2.34. The Morgan fingerprint density at radius 3 is 2.89 bits per heavy atom. The lowest BCUT2D eigenvalue weighted by atomic mass is 9.97. The molecule has 1 heterocycles. The zero-order valence-electron chi connectivity index (χ0n) is 12.4. The third-order valence-electron chi connectivity index (χ3n) is 3.68. The number of rotatable bonds is 3. The maximum Gasteiger partial charge on any atom is 0.122 e. The average molecular weight is 257 g/mol. The van der Waals surface area contributed by atoms with Crippen LogP contribution in [-0.2, 0) is 6.42 Å². The van der Waals surface area contributed by atoms with Gasteiger partial charge in [-0.2, -0.15) is 0 Å². The molecule has 2 rings (SSSR count). The highest BCUT2D eigenvalue weighted by molar-refractivity contribution is 6.00. The Bertz CT molecular complexity index is 526. The number of fused-ring (bicyclic) bond motifs is 1. The molecule has 0 aromatic heterocycles. The Morgan fingerprint density at radius 1 is 1.37 bits per heavy atom. The molecule has 0 amide bonds. The second-order valence-electron chi connectivity index (χ2n) is 5.27. The van der Waals surface area contributed by atoms with Gasteiger partial charge in [0.1, 0.15) is 5.75 Å². The first-order valence-electron chi connectivity index (χ1n) is 7.08. The summed E-state index contributed by atoms with van der Waals surface area (Å²) in [6.07, 6.45) is 5.25. The number of hydrogen-bond donors (Lipinski definition) is 0. The molecule has 1 aliphatic heterocycles. The highest BCUT2D eigenvalue weighted by atomic mass is 16.5. The summed E-state index contributed by atoms with van der Waals surface area (Å²) in [5, 5.41) is 0. The second-order valence-corrected chi connectivity index (χ2v) is 5.27. The topological polar surface area (TPSA) is 21.6 Å². The Morgan fingerprint density at radius 2 is 2.16 bits per heavy atom. The molecular formula is C17H23NO. The molecule has 0 spiro atoms. The summed E-state index contributed by atoms with van der Waals surface area (Å²) in [7, 11) is 0. The number of ether oxygens (including phenoxy) is 1. The molecule has 0 unspecified atom stereocenters. The van der Waals surface area contributed by atoms with E-state index in [2.05, 4.69) is 44.8 Å². The number of allylic oxidation sites excluding steroid dienone is 1. The lowest BCUT2D eigenvalue weighted by Gasteiger charge is -2.19. The van der Waals surface area contributed by atoms with Crippen molar-refractivity contribution in [1.29, 1.82) is 0 Å². The largest absolute Gasteiger partial charge is 0.493 e. The summed E-state index contributed by atoms with van der Waals surface area (Å²) in [5.41, 5.74) is 6.18. The first-order valence-corrected chi connectivity index (χ1v) is 7.08. The predicted octanol–water partition coefficient (Wildman–Crippen LogP) is 4.44. The third kappa shape index (κ3) is 3.25. The van der Waals surface area contributed by atoms with Crippen molar-refractivity contribution in [3.8, 4) is 5.75 Å². The first kappa shape index (κ1) is 13.9.